The second-order valence-electron chi connectivity index (χ2n) is 7.65. The van der Waals surface area contributed by atoms with Gasteiger partial charge in [0, 0.05) is 46.1 Å². The van der Waals surface area contributed by atoms with Crippen molar-refractivity contribution < 1.29 is 9.53 Å². The maximum Gasteiger partial charge on any atom is 0.238 e. The van der Waals surface area contributed by atoms with Gasteiger partial charge in [-0.05, 0) is 57.0 Å². The molecule has 28 heavy (non-hydrogen) atoms. The minimum Gasteiger partial charge on any atom is -0.381 e. The Morgan fingerprint density at radius 1 is 1.25 bits per heavy atom. The Labute approximate surface area is 169 Å². The number of anilines is 1. The quantitative estimate of drug-likeness (QED) is 0.526. The molecule has 0 aromatic heterocycles. The van der Waals surface area contributed by atoms with Gasteiger partial charge in [0.15, 0.2) is 5.96 Å². The third kappa shape index (κ3) is 7.86. The van der Waals surface area contributed by atoms with Crippen molar-refractivity contribution in [3.8, 4) is 0 Å². The van der Waals surface area contributed by atoms with Crippen LogP contribution in [-0.2, 0) is 16.1 Å². The summed E-state index contributed by atoms with van der Waals surface area (Å²) in [6, 6.07) is 7.91. The number of rotatable bonds is 8. The molecule has 0 atom stereocenters. The fraction of sp³-hybridized carbons (Fsp3) is 0.619. The highest BCUT2D eigenvalue weighted by molar-refractivity contribution is 5.92. The molecule has 1 aromatic carbocycles. The molecule has 0 saturated carbocycles. The Balaban J connectivity index is 1.81. The Morgan fingerprint density at radius 2 is 2.00 bits per heavy atom. The lowest BCUT2D eigenvalue weighted by molar-refractivity contribution is -0.116. The maximum atomic E-state index is 11.9. The topological polar surface area (TPSA) is 69.2 Å². The molecule has 1 heterocycles. The largest absolute Gasteiger partial charge is 0.381 e. The third-order valence-corrected chi connectivity index (χ3v) is 4.91. The normalized spacial score (nSPS) is 15.5. The summed E-state index contributed by atoms with van der Waals surface area (Å²) in [7, 11) is 7.64. The molecule has 0 bridgehead atoms. The summed E-state index contributed by atoms with van der Waals surface area (Å²) in [5.74, 6) is 1.62. The number of guanidine groups is 1. The number of nitrogens with one attached hydrogen (secondary N) is 2. The number of hydrogen-bond acceptors (Lipinski definition) is 4. The number of benzene rings is 1. The van der Waals surface area contributed by atoms with Crippen LogP contribution in [0.15, 0.2) is 29.3 Å². The zero-order valence-corrected chi connectivity index (χ0v) is 17.7. The van der Waals surface area contributed by atoms with Crippen LogP contribution in [-0.4, -0.2) is 76.2 Å². The van der Waals surface area contributed by atoms with Gasteiger partial charge in [-0.3, -0.25) is 9.79 Å². The molecular formula is C21H35N5O2. The first-order valence-corrected chi connectivity index (χ1v) is 10.0. The Kier molecular flexibility index (Phi) is 9.23. The van der Waals surface area contributed by atoms with Gasteiger partial charge < -0.3 is 25.2 Å². The fourth-order valence-electron chi connectivity index (χ4n) is 3.33. The zero-order chi connectivity index (χ0) is 20.4. The summed E-state index contributed by atoms with van der Waals surface area (Å²) in [5.41, 5.74) is 1.91. The Hall–Kier alpha value is -2.12. The van der Waals surface area contributed by atoms with Crippen LogP contribution in [0.3, 0.4) is 0 Å². The SMILES string of the molecule is CN=C(NCc1cccc(NC(=O)CN(C)C)c1)N(C)CCC1CCOCC1. The summed E-state index contributed by atoms with van der Waals surface area (Å²) in [6.07, 6.45) is 3.48. The molecule has 2 N–H and O–H groups in total. The molecular weight excluding hydrogens is 354 g/mol. The maximum absolute atomic E-state index is 11.9. The van der Waals surface area contributed by atoms with E-state index in [1.807, 2.05) is 50.3 Å². The van der Waals surface area contributed by atoms with Gasteiger partial charge in [0.1, 0.15) is 0 Å². The molecule has 1 fully saturated rings. The minimum absolute atomic E-state index is 0.0150. The third-order valence-electron chi connectivity index (χ3n) is 4.91. The Morgan fingerprint density at radius 3 is 2.68 bits per heavy atom. The van der Waals surface area contributed by atoms with Crippen molar-refractivity contribution in [3.63, 3.8) is 0 Å². The highest BCUT2D eigenvalue weighted by Gasteiger charge is 2.15. The van der Waals surface area contributed by atoms with Crippen LogP contribution in [0, 0.1) is 5.92 Å². The average molecular weight is 390 g/mol. The summed E-state index contributed by atoms with van der Waals surface area (Å²) < 4.78 is 5.44. The van der Waals surface area contributed by atoms with Crippen molar-refractivity contribution >= 4 is 17.6 Å². The van der Waals surface area contributed by atoms with Crippen molar-refractivity contribution in [2.24, 2.45) is 10.9 Å². The highest BCUT2D eigenvalue weighted by atomic mass is 16.5. The monoisotopic (exact) mass is 389 g/mol. The first kappa shape index (κ1) is 22.2. The van der Waals surface area contributed by atoms with E-state index in [9.17, 15) is 4.79 Å². The predicted octanol–water partition coefficient (Wildman–Crippen LogP) is 2.01. The van der Waals surface area contributed by atoms with Crippen LogP contribution < -0.4 is 10.6 Å². The van der Waals surface area contributed by atoms with Gasteiger partial charge >= 0.3 is 0 Å². The Bertz CT molecular complexity index is 641. The van der Waals surface area contributed by atoms with Crippen molar-refractivity contribution in [3.05, 3.63) is 29.8 Å². The lowest BCUT2D eigenvalue weighted by atomic mass is 9.96. The van der Waals surface area contributed by atoms with Gasteiger partial charge in [0.25, 0.3) is 0 Å². The molecule has 156 valence electrons. The van der Waals surface area contributed by atoms with Crippen LogP contribution >= 0.6 is 0 Å². The standard InChI is InChI=1S/C21H35N5O2/c1-22-21(26(4)11-8-17-9-12-28-13-10-17)23-15-18-6-5-7-19(14-18)24-20(27)16-25(2)3/h5-7,14,17H,8-13,15-16H2,1-4H3,(H,22,23)(H,24,27). The van der Waals surface area contributed by atoms with Gasteiger partial charge in [-0.15, -0.1) is 0 Å². The number of ether oxygens (including phenoxy) is 1. The van der Waals surface area contributed by atoms with E-state index in [4.69, 9.17) is 4.74 Å². The number of hydrogen-bond donors (Lipinski definition) is 2. The molecule has 0 radical (unpaired) electrons. The molecule has 1 aromatic rings. The van der Waals surface area contributed by atoms with E-state index in [1.54, 1.807) is 0 Å². The summed E-state index contributed by atoms with van der Waals surface area (Å²) in [5, 5.41) is 6.35. The van der Waals surface area contributed by atoms with E-state index >= 15 is 0 Å². The van der Waals surface area contributed by atoms with Crippen LogP contribution in [0.5, 0.6) is 0 Å². The lowest BCUT2D eigenvalue weighted by Crippen LogP contribution is -2.39. The van der Waals surface area contributed by atoms with Crippen molar-refractivity contribution in [1.29, 1.82) is 0 Å². The molecule has 0 unspecified atom stereocenters. The number of amides is 1. The van der Waals surface area contributed by atoms with Crippen molar-refractivity contribution in [1.82, 2.24) is 15.1 Å². The molecule has 0 spiro atoms. The van der Waals surface area contributed by atoms with Crippen molar-refractivity contribution in [2.75, 3.05) is 59.8 Å². The van der Waals surface area contributed by atoms with Gasteiger partial charge in [-0.2, -0.15) is 0 Å². The van der Waals surface area contributed by atoms with E-state index in [1.165, 1.54) is 0 Å². The smallest absolute Gasteiger partial charge is 0.238 e. The first-order chi connectivity index (χ1) is 13.5. The number of nitrogens with zero attached hydrogens (tertiary/aromatic N) is 3. The summed E-state index contributed by atoms with van der Waals surface area (Å²) >= 11 is 0. The van der Waals surface area contributed by atoms with E-state index < -0.39 is 0 Å². The van der Waals surface area contributed by atoms with Crippen LogP contribution in [0.4, 0.5) is 5.69 Å². The summed E-state index contributed by atoms with van der Waals surface area (Å²) in [6.45, 7) is 3.79. The van der Waals surface area contributed by atoms with Gasteiger partial charge in [0.05, 0.1) is 6.54 Å². The summed E-state index contributed by atoms with van der Waals surface area (Å²) in [4.78, 5) is 20.4. The molecule has 7 heteroatoms. The molecule has 0 aliphatic carbocycles. The predicted molar refractivity (Wildman–Crippen MR) is 115 cm³/mol. The van der Waals surface area contributed by atoms with Crippen LogP contribution in [0.2, 0.25) is 0 Å². The van der Waals surface area contributed by atoms with E-state index in [0.29, 0.717) is 13.1 Å². The lowest BCUT2D eigenvalue weighted by Gasteiger charge is -2.27. The second-order valence-corrected chi connectivity index (χ2v) is 7.65. The molecule has 7 nitrogen and oxygen atoms in total. The molecule has 1 saturated heterocycles. The molecule has 2 rings (SSSR count). The van der Waals surface area contributed by atoms with Gasteiger partial charge in [0.2, 0.25) is 5.91 Å². The van der Waals surface area contributed by atoms with Crippen molar-refractivity contribution in [2.45, 2.75) is 25.8 Å². The van der Waals surface area contributed by atoms with Gasteiger partial charge in [-0.1, -0.05) is 12.1 Å². The van der Waals surface area contributed by atoms with Crippen LogP contribution in [0.25, 0.3) is 0 Å². The first-order valence-electron chi connectivity index (χ1n) is 10.0. The van der Waals surface area contributed by atoms with E-state index in [-0.39, 0.29) is 5.91 Å². The highest BCUT2D eigenvalue weighted by Crippen LogP contribution is 2.18. The fourth-order valence-corrected chi connectivity index (χ4v) is 3.33. The minimum atomic E-state index is -0.0150. The molecule has 1 aliphatic heterocycles. The number of carbonyl (C=O) groups excluding carboxylic acids is 1. The number of aliphatic imine (C=N–C) groups is 1. The van der Waals surface area contributed by atoms with E-state index in [2.05, 4.69) is 27.6 Å². The van der Waals surface area contributed by atoms with E-state index in [0.717, 1.165) is 62.1 Å². The van der Waals surface area contributed by atoms with Crippen LogP contribution in [0.1, 0.15) is 24.8 Å². The molecule has 1 aliphatic rings. The average Bonchev–Trinajstić information content (AvgIpc) is 2.67. The zero-order valence-electron chi connectivity index (χ0n) is 17.7. The second kappa shape index (κ2) is 11.7. The van der Waals surface area contributed by atoms with Gasteiger partial charge in [-0.25, -0.2) is 0 Å². The number of carbonyl (C=O) groups is 1. The molecule has 1 amide bonds. The number of likely N-dealkylation sites (N-methyl/N-ethyl adjacent to an activating group) is 1.